The van der Waals surface area contributed by atoms with E-state index in [9.17, 15) is 0 Å². The monoisotopic (exact) mass is 877 g/mol. The number of aromatic nitrogens is 9. The van der Waals surface area contributed by atoms with Gasteiger partial charge >= 0.3 is 0 Å². The summed E-state index contributed by atoms with van der Waals surface area (Å²) in [5.41, 5.74) is 11.3. The topological polar surface area (TPSA) is 100 Å². The van der Waals surface area contributed by atoms with Gasteiger partial charge in [0.05, 0.1) is 33.5 Å². The maximum atomic E-state index is 5.29. The van der Waals surface area contributed by atoms with Gasteiger partial charge in [-0.2, -0.15) is 9.97 Å². The van der Waals surface area contributed by atoms with Crippen LogP contribution >= 0.6 is 11.3 Å². The first kappa shape index (κ1) is 38.5. The van der Waals surface area contributed by atoms with Gasteiger partial charge in [-0.25, -0.2) is 15.0 Å². The van der Waals surface area contributed by atoms with E-state index in [1.165, 1.54) is 0 Å². The number of rotatable bonds is 8. The molecule has 0 atom stereocenters. The molecule has 13 rings (SSSR count). The zero-order valence-electron chi connectivity index (χ0n) is 35.6. The van der Waals surface area contributed by atoms with Crippen LogP contribution in [0.4, 0.5) is 0 Å². The summed E-state index contributed by atoms with van der Waals surface area (Å²) in [6.45, 7) is 0. The number of nitrogens with zero attached hydrogens (tertiary/aromatic N) is 9. The largest absolute Gasteiger partial charge is 0.278 e. The highest BCUT2D eigenvalue weighted by Crippen LogP contribution is 2.42. The maximum Gasteiger partial charge on any atom is 0.238 e. The zero-order chi connectivity index (χ0) is 44.3. The summed E-state index contributed by atoms with van der Waals surface area (Å²) in [6.07, 6.45) is 0. The van der Waals surface area contributed by atoms with Crippen molar-refractivity contribution in [1.29, 1.82) is 0 Å². The molecule has 0 amide bonds. The van der Waals surface area contributed by atoms with E-state index in [0.717, 1.165) is 98.4 Å². The summed E-state index contributed by atoms with van der Waals surface area (Å²) in [6, 6.07) is 72.5. The lowest BCUT2D eigenvalue weighted by atomic mass is 10.1. The van der Waals surface area contributed by atoms with E-state index in [0.29, 0.717) is 23.5 Å². The third-order valence-corrected chi connectivity index (χ3v) is 13.2. The molecule has 67 heavy (non-hydrogen) atoms. The molecule has 0 spiro atoms. The summed E-state index contributed by atoms with van der Waals surface area (Å²) < 4.78 is 4.33. The third kappa shape index (κ3) is 6.65. The zero-order valence-corrected chi connectivity index (χ0v) is 36.5. The molecule has 0 N–H and O–H groups in total. The Bertz CT molecular complexity index is 3860. The van der Waals surface area contributed by atoms with E-state index in [4.69, 9.17) is 35.1 Å². The fourth-order valence-corrected chi connectivity index (χ4v) is 9.98. The molecule has 0 aliphatic carbocycles. The molecule has 9 nitrogen and oxygen atoms in total. The molecule has 10 heteroatoms. The van der Waals surface area contributed by atoms with Gasteiger partial charge in [-0.15, -0.1) is 10.2 Å². The lowest BCUT2D eigenvalue weighted by Crippen LogP contribution is -2.06. The van der Waals surface area contributed by atoms with Crippen LogP contribution in [0, 0.1) is 0 Å². The van der Waals surface area contributed by atoms with Crippen LogP contribution in [0.5, 0.6) is 0 Å². The minimum Gasteiger partial charge on any atom is -0.278 e. The Labute approximate surface area is 388 Å². The molecule has 0 fully saturated rings. The molecular formula is C57H35N9S. The number of hydrogen-bond acceptors (Lipinski definition) is 8. The molecule has 0 aliphatic rings. The van der Waals surface area contributed by atoms with Gasteiger partial charge in [-0.3, -0.25) is 9.13 Å². The lowest BCUT2D eigenvalue weighted by molar-refractivity contribution is 0.953. The quantitative estimate of drug-likeness (QED) is 0.150. The van der Waals surface area contributed by atoms with Crippen LogP contribution in [0.15, 0.2) is 212 Å². The third-order valence-electron chi connectivity index (χ3n) is 12.2. The predicted molar refractivity (Wildman–Crippen MR) is 270 cm³/mol. The maximum absolute atomic E-state index is 5.29. The molecule has 0 aliphatic heterocycles. The molecule has 0 radical (unpaired) electrons. The fraction of sp³-hybridized carbons (Fsp3) is 0. The van der Waals surface area contributed by atoms with Crippen molar-refractivity contribution in [2.45, 2.75) is 0 Å². The molecule has 8 aromatic carbocycles. The molecule has 5 heterocycles. The van der Waals surface area contributed by atoms with Crippen LogP contribution in [0.1, 0.15) is 0 Å². The number of para-hydroxylation sites is 3. The lowest BCUT2D eigenvalue weighted by Gasteiger charge is -2.12. The van der Waals surface area contributed by atoms with Crippen molar-refractivity contribution in [3.8, 4) is 78.3 Å². The fourth-order valence-electron chi connectivity index (χ4n) is 9.11. The van der Waals surface area contributed by atoms with E-state index in [-0.39, 0.29) is 0 Å². The van der Waals surface area contributed by atoms with Crippen molar-refractivity contribution in [2.75, 3.05) is 0 Å². The molecule has 314 valence electrons. The van der Waals surface area contributed by atoms with Crippen LogP contribution in [0.25, 0.3) is 122 Å². The Morgan fingerprint density at radius 3 is 1.40 bits per heavy atom. The number of fused-ring (bicyclic) bond motifs is 6. The van der Waals surface area contributed by atoms with Crippen molar-refractivity contribution in [2.24, 2.45) is 0 Å². The van der Waals surface area contributed by atoms with E-state index in [1.54, 1.807) is 11.3 Å². The second kappa shape index (κ2) is 15.9. The summed E-state index contributed by atoms with van der Waals surface area (Å²) in [7, 11) is 0. The van der Waals surface area contributed by atoms with Crippen molar-refractivity contribution in [1.82, 2.24) is 44.3 Å². The van der Waals surface area contributed by atoms with E-state index < -0.39 is 0 Å². The van der Waals surface area contributed by atoms with E-state index in [1.807, 2.05) is 97.1 Å². The molecule has 13 aromatic rings. The van der Waals surface area contributed by atoms with Gasteiger partial charge in [-0.1, -0.05) is 193 Å². The van der Waals surface area contributed by atoms with Crippen LogP contribution in [0.2, 0.25) is 0 Å². The summed E-state index contributed by atoms with van der Waals surface area (Å²) in [5, 5.41) is 15.7. The SMILES string of the molecule is c1ccc(-c2cc(-c3ccccc3)nc(-n3c4ccccc4c4cccc(-c5nnc(-c6ccc7c8ccccc8n(-c8nc(-c9ccccc9)nc(-c9ccccc9)n8)c7c6)s5)c43)n2)cc1. The van der Waals surface area contributed by atoms with Crippen molar-refractivity contribution in [3.05, 3.63) is 212 Å². The molecule has 0 saturated heterocycles. The van der Waals surface area contributed by atoms with Gasteiger partial charge in [-0.05, 0) is 30.3 Å². The second-order valence-electron chi connectivity index (χ2n) is 16.2. The van der Waals surface area contributed by atoms with Gasteiger partial charge in [0.2, 0.25) is 11.9 Å². The van der Waals surface area contributed by atoms with Crippen molar-refractivity contribution in [3.63, 3.8) is 0 Å². The van der Waals surface area contributed by atoms with Gasteiger partial charge in [0.1, 0.15) is 10.0 Å². The average Bonchev–Trinajstić information content (AvgIpc) is 4.13. The summed E-state index contributed by atoms with van der Waals surface area (Å²) >= 11 is 1.56. The van der Waals surface area contributed by atoms with Crippen molar-refractivity contribution >= 4 is 54.9 Å². The molecule has 0 unspecified atom stereocenters. The smallest absolute Gasteiger partial charge is 0.238 e. The number of hydrogen-bond donors (Lipinski definition) is 0. The molecular weight excluding hydrogens is 843 g/mol. The predicted octanol–water partition coefficient (Wildman–Crippen LogP) is 13.7. The van der Waals surface area contributed by atoms with Crippen molar-refractivity contribution < 1.29 is 0 Å². The molecule has 0 bridgehead atoms. The van der Waals surface area contributed by atoms with Gasteiger partial charge in [0.15, 0.2) is 11.6 Å². The second-order valence-corrected chi connectivity index (χ2v) is 17.2. The highest BCUT2D eigenvalue weighted by atomic mass is 32.1. The highest BCUT2D eigenvalue weighted by Gasteiger charge is 2.23. The van der Waals surface area contributed by atoms with Gasteiger partial charge in [0.25, 0.3) is 0 Å². The molecule has 0 saturated carbocycles. The highest BCUT2D eigenvalue weighted by molar-refractivity contribution is 7.18. The minimum absolute atomic E-state index is 0.530. The minimum atomic E-state index is 0.530. The van der Waals surface area contributed by atoms with Crippen LogP contribution in [0.3, 0.4) is 0 Å². The van der Waals surface area contributed by atoms with Gasteiger partial charge in [0, 0.05) is 54.9 Å². The normalized spacial score (nSPS) is 11.6. The van der Waals surface area contributed by atoms with Crippen LogP contribution < -0.4 is 0 Å². The Balaban J connectivity index is 0.984. The van der Waals surface area contributed by atoms with Crippen LogP contribution in [-0.2, 0) is 0 Å². The van der Waals surface area contributed by atoms with E-state index in [2.05, 4.69) is 124 Å². The summed E-state index contributed by atoms with van der Waals surface area (Å²) in [5.74, 6) is 2.30. The van der Waals surface area contributed by atoms with E-state index >= 15 is 0 Å². The summed E-state index contributed by atoms with van der Waals surface area (Å²) in [4.78, 5) is 25.8. The number of benzene rings is 8. The Kier molecular flexibility index (Phi) is 9.14. The Morgan fingerprint density at radius 2 is 0.791 bits per heavy atom. The Morgan fingerprint density at radius 1 is 0.313 bits per heavy atom. The van der Waals surface area contributed by atoms with Gasteiger partial charge < -0.3 is 0 Å². The first-order valence-electron chi connectivity index (χ1n) is 22.0. The first-order chi connectivity index (χ1) is 33.2. The average molecular weight is 878 g/mol. The first-order valence-corrected chi connectivity index (χ1v) is 22.8. The Hall–Kier alpha value is -8.99. The molecule has 5 aromatic heterocycles. The standard InChI is InChI=1S/C57H35N9S/c1-5-18-36(19-6-1)46-35-47(37-20-7-2-8-21-37)59-56(58-46)66-49-31-16-14-27-42(49)44-28-17-29-45(51(44)66)55-64-63-54(67-55)40-32-33-43-41-26-13-15-30-48(41)65(50(43)34-40)57-61-52(38-22-9-3-10-23-38)60-53(62-57)39-24-11-4-12-25-39/h1-35H. The van der Waals surface area contributed by atoms with Crippen LogP contribution in [-0.4, -0.2) is 44.3 Å².